The van der Waals surface area contributed by atoms with Crippen LogP contribution in [0, 0.1) is 0 Å². The molecule has 0 aliphatic heterocycles. The molecule has 0 atom stereocenters. The highest BCUT2D eigenvalue weighted by Gasteiger charge is 2.50. The van der Waals surface area contributed by atoms with Crippen LogP contribution in [0.4, 0.5) is 0 Å². The van der Waals surface area contributed by atoms with E-state index in [-0.39, 0.29) is 0 Å². The average Bonchev–Trinajstić information content (AvgIpc) is 1.72. The van der Waals surface area contributed by atoms with Crippen molar-refractivity contribution in [2.45, 2.75) is 71.6 Å². The van der Waals surface area contributed by atoms with Gasteiger partial charge in [-0.2, -0.15) is 0 Å². The minimum Gasteiger partial charge on any atom is -0.356 e. The Morgan fingerprint density at radius 3 is 1.19 bits per heavy atom. The van der Waals surface area contributed by atoms with Crippen molar-refractivity contribution in [2.75, 3.05) is 0 Å². The lowest BCUT2D eigenvalue weighted by atomic mass is 10.2. The molecule has 0 aromatic heterocycles. The van der Waals surface area contributed by atoms with Crippen LogP contribution in [0.3, 0.4) is 0 Å². The molecule has 0 amide bonds. The van der Waals surface area contributed by atoms with E-state index in [4.69, 9.17) is 5.40 Å². The maximum Gasteiger partial charge on any atom is 0.181 e. The Balaban J connectivity index is 5.57. The van der Waals surface area contributed by atoms with Gasteiger partial charge in [0.15, 0.2) is 8.40 Å². The zero-order valence-corrected chi connectivity index (χ0v) is 16.0. The molecule has 0 saturated carbocycles. The first kappa shape index (κ1) is 16.6. The summed E-state index contributed by atoms with van der Waals surface area (Å²) in [5.41, 5.74) is 0. The van der Waals surface area contributed by atoms with Gasteiger partial charge in [0.2, 0.25) is 0 Å². The molecule has 0 heterocycles. The predicted octanol–water partition coefficient (Wildman–Crippen LogP) is 3.79. The zero-order chi connectivity index (χ0) is 13.6. The third kappa shape index (κ3) is 3.53. The SMILES string of the molecule is CC(C)(C)[Si](C)(C)N([Si](C)(C)C)[Si](C)(C)N. The fraction of sp³-hybridized carbons (Fsp3) is 1.00. The molecule has 2 N–H and O–H groups in total. The highest BCUT2D eigenvalue weighted by molar-refractivity contribution is 7.04. The molecule has 0 aliphatic rings. The molecule has 0 fully saturated rings. The van der Waals surface area contributed by atoms with Crippen LogP contribution in [0.5, 0.6) is 0 Å². The molecule has 0 rings (SSSR count). The summed E-state index contributed by atoms with van der Waals surface area (Å²) < 4.78 is 2.84. The van der Waals surface area contributed by atoms with Crippen LogP contribution < -0.4 is 5.40 Å². The van der Waals surface area contributed by atoms with E-state index < -0.39 is 24.9 Å². The van der Waals surface area contributed by atoms with Crippen molar-refractivity contribution in [2.24, 2.45) is 5.40 Å². The zero-order valence-electron chi connectivity index (χ0n) is 13.0. The summed E-state index contributed by atoms with van der Waals surface area (Å²) in [6.07, 6.45) is 0. The second-order valence-electron chi connectivity index (χ2n) is 7.97. The van der Waals surface area contributed by atoms with E-state index in [1.54, 1.807) is 0 Å². The highest BCUT2D eigenvalue weighted by atomic mass is 28.5. The standard InChI is InChI=1S/C11H32N2Si3/c1-11(2,3)15(7,8)13(14(4,5)6)16(9,10)12/h12H2,1-10H3. The van der Waals surface area contributed by atoms with Gasteiger partial charge in [-0.15, -0.1) is 0 Å². The molecule has 0 aromatic carbocycles. The lowest BCUT2D eigenvalue weighted by Gasteiger charge is -2.57. The van der Waals surface area contributed by atoms with Crippen molar-refractivity contribution in [1.82, 2.24) is 3.90 Å². The molecule has 2 nitrogen and oxygen atoms in total. The molecule has 0 saturated heterocycles. The second kappa shape index (κ2) is 4.35. The highest BCUT2D eigenvalue weighted by Crippen LogP contribution is 2.42. The van der Waals surface area contributed by atoms with Crippen LogP contribution in [0.15, 0.2) is 0 Å². The first-order valence-corrected chi connectivity index (χ1v) is 15.6. The number of hydrogen-bond acceptors (Lipinski definition) is 2. The van der Waals surface area contributed by atoms with Gasteiger partial charge >= 0.3 is 0 Å². The van der Waals surface area contributed by atoms with E-state index in [0.717, 1.165) is 0 Å². The predicted molar refractivity (Wildman–Crippen MR) is 84.1 cm³/mol. The summed E-state index contributed by atoms with van der Waals surface area (Å²) in [6, 6.07) is 0. The van der Waals surface area contributed by atoms with Crippen LogP contribution in [0.25, 0.3) is 0 Å². The molecule has 0 unspecified atom stereocenters. The normalized spacial score (nSPS) is 15.8. The Labute approximate surface area is 106 Å². The van der Waals surface area contributed by atoms with Crippen LogP contribution in [0.2, 0.25) is 50.9 Å². The van der Waals surface area contributed by atoms with E-state index >= 15 is 0 Å². The molecule has 16 heavy (non-hydrogen) atoms. The topological polar surface area (TPSA) is 29.3 Å². The second-order valence-corrected chi connectivity index (χ2v) is 22.9. The van der Waals surface area contributed by atoms with E-state index in [1.807, 2.05) is 0 Å². The van der Waals surface area contributed by atoms with Gasteiger partial charge in [-0.1, -0.05) is 53.5 Å². The van der Waals surface area contributed by atoms with Crippen molar-refractivity contribution in [3.63, 3.8) is 0 Å². The van der Waals surface area contributed by atoms with Gasteiger partial charge in [-0.05, 0) is 18.1 Å². The summed E-state index contributed by atoms with van der Waals surface area (Å²) in [4.78, 5) is 0. The Bertz CT molecular complexity index is 229. The Morgan fingerprint density at radius 1 is 0.812 bits per heavy atom. The fourth-order valence-electron chi connectivity index (χ4n) is 2.76. The van der Waals surface area contributed by atoms with Gasteiger partial charge in [-0.25, -0.2) is 0 Å². The molecule has 0 spiro atoms. The minimum atomic E-state index is -1.71. The van der Waals surface area contributed by atoms with Gasteiger partial charge in [0, 0.05) is 0 Å². The largest absolute Gasteiger partial charge is 0.356 e. The molecule has 0 aliphatic carbocycles. The quantitative estimate of drug-likeness (QED) is 0.795. The molecular formula is C11H32N2Si3. The minimum absolute atomic E-state index is 0.386. The summed E-state index contributed by atoms with van der Waals surface area (Å²) in [6.45, 7) is 24.0. The molecule has 5 heteroatoms. The number of nitrogens with zero attached hydrogens (tertiary/aromatic N) is 1. The van der Waals surface area contributed by atoms with Gasteiger partial charge in [0.1, 0.15) is 16.5 Å². The third-order valence-corrected chi connectivity index (χ3v) is 21.8. The van der Waals surface area contributed by atoms with Crippen LogP contribution >= 0.6 is 0 Å². The van der Waals surface area contributed by atoms with Crippen molar-refractivity contribution >= 4 is 24.9 Å². The van der Waals surface area contributed by atoms with Crippen molar-refractivity contribution in [3.8, 4) is 0 Å². The maximum atomic E-state index is 6.58. The van der Waals surface area contributed by atoms with Gasteiger partial charge < -0.3 is 9.30 Å². The van der Waals surface area contributed by atoms with Crippen LogP contribution in [0.1, 0.15) is 20.8 Å². The van der Waals surface area contributed by atoms with Crippen molar-refractivity contribution < 1.29 is 0 Å². The van der Waals surface area contributed by atoms with Crippen molar-refractivity contribution in [3.05, 3.63) is 0 Å². The molecule has 0 aromatic rings. The summed E-state index contributed by atoms with van der Waals surface area (Å²) >= 11 is 0. The Hall–Kier alpha value is 0.571. The number of hydrogen-bond donors (Lipinski definition) is 1. The van der Waals surface area contributed by atoms with Crippen LogP contribution in [-0.4, -0.2) is 28.8 Å². The van der Waals surface area contributed by atoms with E-state index in [1.165, 1.54) is 0 Å². The molecule has 0 radical (unpaired) electrons. The maximum absolute atomic E-state index is 6.58. The first-order chi connectivity index (χ1) is 6.62. The van der Waals surface area contributed by atoms with Crippen molar-refractivity contribution in [1.29, 1.82) is 0 Å². The Morgan fingerprint density at radius 2 is 1.12 bits per heavy atom. The smallest absolute Gasteiger partial charge is 0.181 e. The number of rotatable bonds is 3. The van der Waals surface area contributed by atoms with E-state index in [9.17, 15) is 0 Å². The summed E-state index contributed by atoms with van der Waals surface area (Å²) in [5.74, 6) is 0. The lowest BCUT2D eigenvalue weighted by molar-refractivity contribution is 0.662. The number of nitrogens with two attached hydrogens (primary N) is 1. The summed E-state index contributed by atoms with van der Waals surface area (Å²) in [7, 11) is -4.52. The average molecular weight is 277 g/mol. The van der Waals surface area contributed by atoms with E-state index in [0.29, 0.717) is 5.04 Å². The van der Waals surface area contributed by atoms with Gasteiger partial charge in [-0.3, -0.25) is 0 Å². The lowest BCUT2D eigenvalue weighted by Crippen LogP contribution is -2.76. The van der Waals surface area contributed by atoms with Gasteiger partial charge in [0.25, 0.3) is 0 Å². The van der Waals surface area contributed by atoms with Crippen LogP contribution in [-0.2, 0) is 0 Å². The molecule has 0 bridgehead atoms. The monoisotopic (exact) mass is 276 g/mol. The third-order valence-electron chi connectivity index (χ3n) is 3.64. The van der Waals surface area contributed by atoms with Gasteiger partial charge in [0.05, 0.1) is 0 Å². The van der Waals surface area contributed by atoms with E-state index in [2.05, 4.69) is 70.5 Å². The first-order valence-electron chi connectivity index (χ1n) is 6.21. The molecular weight excluding hydrogens is 244 g/mol. The fourth-order valence-corrected chi connectivity index (χ4v) is 24.8. The Kier molecular flexibility index (Phi) is 4.50. The summed E-state index contributed by atoms with van der Waals surface area (Å²) in [5, 5.41) is 6.97. The molecule has 98 valence electrons.